The van der Waals surface area contributed by atoms with Crippen molar-refractivity contribution < 1.29 is 13.5 Å². The van der Waals surface area contributed by atoms with Crippen molar-refractivity contribution in [2.45, 2.75) is 64.0 Å². The van der Waals surface area contributed by atoms with Gasteiger partial charge in [-0.1, -0.05) is 26.3 Å². The van der Waals surface area contributed by atoms with Crippen molar-refractivity contribution in [3.05, 3.63) is 29.3 Å². The molecule has 1 aromatic rings. The third-order valence-electron chi connectivity index (χ3n) is 3.32. The van der Waals surface area contributed by atoms with Gasteiger partial charge in [-0.25, -0.2) is 13.1 Å². The number of aliphatic hydroxyl groups is 1. The molecule has 0 aliphatic heterocycles. The molecule has 0 aromatic heterocycles. The van der Waals surface area contributed by atoms with Crippen LogP contribution in [-0.4, -0.2) is 19.1 Å². The van der Waals surface area contributed by atoms with Crippen molar-refractivity contribution in [2.75, 3.05) is 0 Å². The number of rotatable bonds is 7. The minimum absolute atomic E-state index is 0.148. The highest BCUT2D eigenvalue weighted by Gasteiger charge is 2.25. The lowest BCUT2D eigenvalue weighted by Crippen LogP contribution is -2.43. The molecule has 20 heavy (non-hydrogen) atoms. The SMILES string of the molecule is CCCC(C)(C)NS(=O)(=O)c1ccc(CC)c(CO)c1. The summed E-state index contributed by atoms with van der Waals surface area (Å²) in [4.78, 5) is 0.211. The van der Waals surface area contributed by atoms with Gasteiger partial charge in [-0.15, -0.1) is 0 Å². The molecule has 0 heterocycles. The van der Waals surface area contributed by atoms with E-state index >= 15 is 0 Å². The largest absolute Gasteiger partial charge is 0.392 e. The van der Waals surface area contributed by atoms with Crippen molar-refractivity contribution in [1.82, 2.24) is 4.72 Å². The summed E-state index contributed by atoms with van der Waals surface area (Å²) in [5.74, 6) is 0. The Bertz CT molecular complexity index is 550. The monoisotopic (exact) mass is 299 g/mol. The number of benzene rings is 1. The summed E-state index contributed by atoms with van der Waals surface area (Å²) in [7, 11) is -3.56. The number of aryl methyl sites for hydroxylation is 1. The van der Waals surface area contributed by atoms with E-state index in [4.69, 9.17) is 0 Å². The van der Waals surface area contributed by atoms with E-state index < -0.39 is 15.6 Å². The Labute approximate surface area is 122 Å². The van der Waals surface area contributed by atoms with Crippen LogP contribution in [-0.2, 0) is 23.1 Å². The Morgan fingerprint density at radius 1 is 1.20 bits per heavy atom. The van der Waals surface area contributed by atoms with Gasteiger partial charge in [-0.05, 0) is 49.9 Å². The topological polar surface area (TPSA) is 66.4 Å². The van der Waals surface area contributed by atoms with Crippen molar-refractivity contribution in [1.29, 1.82) is 0 Å². The Hall–Kier alpha value is -0.910. The lowest BCUT2D eigenvalue weighted by atomic mass is 10.0. The maximum atomic E-state index is 12.4. The molecule has 0 atom stereocenters. The van der Waals surface area contributed by atoms with Gasteiger partial charge in [0.05, 0.1) is 11.5 Å². The van der Waals surface area contributed by atoms with E-state index in [9.17, 15) is 13.5 Å². The Morgan fingerprint density at radius 3 is 2.35 bits per heavy atom. The van der Waals surface area contributed by atoms with Crippen LogP contribution in [0.3, 0.4) is 0 Å². The molecule has 1 aromatic carbocycles. The number of nitrogens with one attached hydrogen (secondary N) is 1. The van der Waals surface area contributed by atoms with Crippen LogP contribution in [0.1, 0.15) is 51.7 Å². The lowest BCUT2D eigenvalue weighted by molar-refractivity contribution is 0.280. The predicted octanol–water partition coefficient (Wildman–Crippen LogP) is 2.60. The van der Waals surface area contributed by atoms with Gasteiger partial charge in [0.25, 0.3) is 0 Å². The third kappa shape index (κ3) is 4.30. The maximum Gasteiger partial charge on any atom is 0.241 e. The van der Waals surface area contributed by atoms with E-state index in [0.717, 1.165) is 24.8 Å². The summed E-state index contributed by atoms with van der Waals surface area (Å²) >= 11 is 0. The Balaban J connectivity index is 3.10. The molecule has 0 fully saturated rings. The van der Waals surface area contributed by atoms with Crippen LogP contribution >= 0.6 is 0 Å². The summed E-state index contributed by atoms with van der Waals surface area (Å²) in [5.41, 5.74) is 1.17. The van der Waals surface area contributed by atoms with E-state index in [-0.39, 0.29) is 11.5 Å². The molecule has 0 aliphatic rings. The number of hydrogen-bond donors (Lipinski definition) is 2. The van der Waals surface area contributed by atoms with Crippen LogP contribution in [0.15, 0.2) is 23.1 Å². The zero-order valence-electron chi connectivity index (χ0n) is 12.7. The molecule has 4 nitrogen and oxygen atoms in total. The van der Waals surface area contributed by atoms with Crippen LogP contribution in [0.4, 0.5) is 0 Å². The van der Waals surface area contributed by atoms with Crippen molar-refractivity contribution in [2.24, 2.45) is 0 Å². The van der Waals surface area contributed by atoms with Gasteiger partial charge < -0.3 is 5.11 Å². The Kier molecular flexibility index (Phi) is 5.74. The van der Waals surface area contributed by atoms with E-state index in [0.29, 0.717) is 5.56 Å². The highest BCUT2D eigenvalue weighted by atomic mass is 32.2. The fraction of sp³-hybridized carbons (Fsp3) is 0.600. The van der Waals surface area contributed by atoms with Gasteiger partial charge in [0, 0.05) is 5.54 Å². The molecule has 1 rings (SSSR count). The van der Waals surface area contributed by atoms with Crippen LogP contribution in [0.2, 0.25) is 0 Å². The van der Waals surface area contributed by atoms with Crippen LogP contribution < -0.4 is 4.72 Å². The normalized spacial score (nSPS) is 12.7. The zero-order chi connectivity index (χ0) is 15.4. The first kappa shape index (κ1) is 17.1. The van der Waals surface area contributed by atoms with E-state index in [2.05, 4.69) is 4.72 Å². The van der Waals surface area contributed by atoms with Gasteiger partial charge in [0.15, 0.2) is 0 Å². The first-order chi connectivity index (χ1) is 9.25. The smallest absolute Gasteiger partial charge is 0.241 e. The quantitative estimate of drug-likeness (QED) is 0.813. The van der Waals surface area contributed by atoms with Crippen LogP contribution in [0.25, 0.3) is 0 Å². The molecule has 5 heteroatoms. The molecule has 0 saturated heterocycles. The highest BCUT2D eigenvalue weighted by molar-refractivity contribution is 7.89. The molecule has 0 aliphatic carbocycles. The standard InChI is InChI=1S/C15H25NO3S/c1-5-9-15(3,4)16-20(18,19)14-8-7-12(6-2)13(10-14)11-17/h7-8,10,16-17H,5-6,9,11H2,1-4H3. The van der Waals surface area contributed by atoms with Crippen molar-refractivity contribution in [3.8, 4) is 0 Å². The van der Waals surface area contributed by atoms with Crippen LogP contribution in [0.5, 0.6) is 0 Å². The number of aliphatic hydroxyl groups excluding tert-OH is 1. The zero-order valence-corrected chi connectivity index (χ0v) is 13.5. The van der Waals surface area contributed by atoms with E-state index in [1.807, 2.05) is 27.7 Å². The molecule has 2 N–H and O–H groups in total. The summed E-state index contributed by atoms with van der Waals surface area (Å²) in [5, 5.41) is 9.34. The van der Waals surface area contributed by atoms with Gasteiger partial charge in [-0.3, -0.25) is 0 Å². The van der Waals surface area contributed by atoms with E-state index in [1.165, 1.54) is 0 Å². The Morgan fingerprint density at radius 2 is 1.85 bits per heavy atom. The molecule has 0 unspecified atom stereocenters. The number of sulfonamides is 1. The van der Waals surface area contributed by atoms with Crippen molar-refractivity contribution >= 4 is 10.0 Å². The molecule has 114 valence electrons. The van der Waals surface area contributed by atoms with Gasteiger partial charge >= 0.3 is 0 Å². The predicted molar refractivity (Wildman–Crippen MR) is 81.1 cm³/mol. The summed E-state index contributed by atoms with van der Waals surface area (Å²) in [6.45, 7) is 7.61. The number of hydrogen-bond acceptors (Lipinski definition) is 3. The molecule has 0 amide bonds. The molecule has 0 bridgehead atoms. The lowest BCUT2D eigenvalue weighted by Gasteiger charge is -2.25. The molecule has 0 spiro atoms. The second kappa shape index (κ2) is 6.70. The van der Waals surface area contributed by atoms with Gasteiger partial charge in [-0.2, -0.15) is 0 Å². The fourth-order valence-corrected chi connectivity index (χ4v) is 3.85. The average Bonchev–Trinajstić information content (AvgIpc) is 2.36. The second-order valence-corrected chi connectivity index (χ2v) is 7.36. The fourth-order valence-electron chi connectivity index (χ4n) is 2.36. The molecular formula is C15H25NO3S. The summed E-state index contributed by atoms with van der Waals surface area (Å²) in [6, 6.07) is 4.93. The average molecular weight is 299 g/mol. The minimum Gasteiger partial charge on any atom is -0.392 e. The minimum atomic E-state index is -3.56. The second-order valence-electron chi connectivity index (χ2n) is 5.68. The van der Waals surface area contributed by atoms with Crippen molar-refractivity contribution in [3.63, 3.8) is 0 Å². The van der Waals surface area contributed by atoms with Gasteiger partial charge in [0.1, 0.15) is 0 Å². The highest BCUT2D eigenvalue weighted by Crippen LogP contribution is 2.20. The molecule has 0 radical (unpaired) electrons. The van der Waals surface area contributed by atoms with Gasteiger partial charge in [0.2, 0.25) is 10.0 Å². The molecule has 0 saturated carbocycles. The van der Waals surface area contributed by atoms with E-state index in [1.54, 1.807) is 18.2 Å². The third-order valence-corrected chi connectivity index (χ3v) is 5.02. The maximum absolute atomic E-state index is 12.4. The summed E-state index contributed by atoms with van der Waals surface area (Å²) < 4.78 is 27.5. The first-order valence-electron chi connectivity index (χ1n) is 7.02. The van der Waals surface area contributed by atoms with Crippen LogP contribution in [0, 0.1) is 0 Å². The summed E-state index contributed by atoms with van der Waals surface area (Å²) in [6.07, 6.45) is 2.45. The molecular weight excluding hydrogens is 274 g/mol. The first-order valence-corrected chi connectivity index (χ1v) is 8.50.